The Hall–Kier alpha value is -3.66. The fourth-order valence-electron chi connectivity index (χ4n) is 3.72. The van der Waals surface area contributed by atoms with Crippen molar-refractivity contribution < 1.29 is 9.90 Å². The van der Waals surface area contributed by atoms with E-state index in [-0.39, 0.29) is 11.7 Å². The minimum absolute atomic E-state index is 0.148. The van der Waals surface area contributed by atoms with E-state index in [1.165, 1.54) is 11.8 Å². The smallest absolute Gasteiger partial charge is 0.272 e. The number of nitrogens with one attached hydrogen (secondary N) is 1. The lowest BCUT2D eigenvalue weighted by molar-refractivity contribution is 0.0956. The van der Waals surface area contributed by atoms with Crippen molar-refractivity contribution in [2.75, 3.05) is 0 Å². The number of benzene rings is 2. The average Bonchev–Trinajstić information content (AvgIpc) is 2.90. The molecular weight excluding hydrogens is 372 g/mol. The summed E-state index contributed by atoms with van der Waals surface area (Å²) in [6, 6.07) is 21.4. The highest BCUT2D eigenvalue weighted by molar-refractivity contribution is 6.04. The highest BCUT2D eigenvalue weighted by atomic mass is 16.3. The predicted octanol–water partition coefficient (Wildman–Crippen LogP) is 5.85. The lowest BCUT2D eigenvalue weighted by Crippen LogP contribution is -2.17. The van der Waals surface area contributed by atoms with Crippen molar-refractivity contribution in [3.05, 3.63) is 89.0 Å². The van der Waals surface area contributed by atoms with E-state index in [0.717, 1.165) is 27.5 Å². The van der Waals surface area contributed by atoms with Gasteiger partial charge in [-0.2, -0.15) is 5.10 Å². The molecule has 2 aromatic carbocycles. The molecule has 0 radical (unpaired) electrons. The zero-order valence-electron chi connectivity index (χ0n) is 17.3. The van der Waals surface area contributed by atoms with Crippen LogP contribution in [0.5, 0.6) is 5.75 Å². The maximum absolute atomic E-state index is 12.9. The molecule has 30 heavy (non-hydrogen) atoms. The quantitative estimate of drug-likeness (QED) is 0.336. The van der Waals surface area contributed by atoms with Crippen molar-refractivity contribution in [1.29, 1.82) is 0 Å². The van der Waals surface area contributed by atoms with E-state index in [9.17, 15) is 9.90 Å². The summed E-state index contributed by atoms with van der Waals surface area (Å²) in [7, 11) is 0. The van der Waals surface area contributed by atoms with E-state index in [0.29, 0.717) is 17.0 Å². The molecule has 4 nitrogen and oxygen atoms in total. The third kappa shape index (κ3) is 3.64. The maximum Gasteiger partial charge on any atom is 0.272 e. The van der Waals surface area contributed by atoms with Crippen LogP contribution in [0.1, 0.15) is 46.8 Å². The molecule has 2 N–H and O–H groups in total. The molecule has 2 aliphatic rings. The van der Waals surface area contributed by atoms with Crippen LogP contribution >= 0.6 is 0 Å². The van der Waals surface area contributed by atoms with Gasteiger partial charge in [-0.05, 0) is 52.6 Å². The van der Waals surface area contributed by atoms with Crippen LogP contribution < -0.4 is 5.43 Å². The fraction of sp³-hybridized carbons (Fsp3) is 0.154. The summed E-state index contributed by atoms with van der Waals surface area (Å²) in [5.41, 5.74) is 7.96. The van der Waals surface area contributed by atoms with Crippen LogP contribution in [0.3, 0.4) is 0 Å². The van der Waals surface area contributed by atoms with Crippen LogP contribution in [0, 0.1) is 6.92 Å². The summed E-state index contributed by atoms with van der Waals surface area (Å²) in [6.07, 6.45) is 1.47. The van der Waals surface area contributed by atoms with Gasteiger partial charge in [0.1, 0.15) is 5.75 Å². The zero-order chi connectivity index (χ0) is 21.3. The number of aromatic hydroxyl groups is 1. The van der Waals surface area contributed by atoms with Crippen molar-refractivity contribution in [1.82, 2.24) is 5.43 Å². The molecule has 2 aliphatic carbocycles. The third-order valence-corrected chi connectivity index (χ3v) is 5.44. The molecule has 1 amide bonds. The largest absolute Gasteiger partial charge is 0.507 e. The molecule has 0 spiro atoms. The molecule has 0 saturated carbocycles. The summed E-state index contributed by atoms with van der Waals surface area (Å²) in [4.78, 5) is 12.9. The summed E-state index contributed by atoms with van der Waals surface area (Å²) < 4.78 is 0. The van der Waals surface area contributed by atoms with Gasteiger partial charge < -0.3 is 5.11 Å². The molecule has 0 bridgehead atoms. The standard InChI is InChI=1S/C26H24N2O2/c1-16(2)19-8-6-10-21-17(3)13-24(23(21)14-19)26(30)28-27-15-20-12-11-18-7-4-5-9-22(18)25(20)29/h4-16,29H,1-3H3,(H,28,30)/b27-15+. The number of carbonyl (C=O) groups excluding carboxylic acids is 1. The van der Waals surface area contributed by atoms with Crippen LogP contribution in [0.4, 0.5) is 0 Å². The van der Waals surface area contributed by atoms with Crippen LogP contribution in [0.25, 0.3) is 21.9 Å². The van der Waals surface area contributed by atoms with Crippen LogP contribution in [-0.2, 0) is 0 Å². The van der Waals surface area contributed by atoms with Gasteiger partial charge in [0.25, 0.3) is 5.91 Å². The lowest BCUT2D eigenvalue weighted by Gasteiger charge is -2.05. The molecule has 0 atom stereocenters. The molecule has 4 heteroatoms. The monoisotopic (exact) mass is 396 g/mol. The molecule has 0 aromatic heterocycles. The van der Waals surface area contributed by atoms with E-state index in [1.54, 1.807) is 6.07 Å². The molecule has 4 rings (SSSR count). The topological polar surface area (TPSA) is 61.7 Å². The Labute approximate surface area is 176 Å². The number of fused-ring (bicyclic) bond motifs is 2. The first-order valence-corrected chi connectivity index (χ1v) is 10.0. The predicted molar refractivity (Wildman–Crippen MR) is 123 cm³/mol. The van der Waals surface area contributed by atoms with Gasteiger partial charge in [0.05, 0.1) is 6.21 Å². The second kappa shape index (κ2) is 7.99. The van der Waals surface area contributed by atoms with Gasteiger partial charge in [-0.3, -0.25) is 4.79 Å². The Balaban J connectivity index is 1.61. The highest BCUT2D eigenvalue weighted by Gasteiger charge is 2.18. The van der Waals surface area contributed by atoms with E-state index < -0.39 is 0 Å². The van der Waals surface area contributed by atoms with Crippen LogP contribution in [0.2, 0.25) is 0 Å². The number of rotatable bonds is 4. The Morgan fingerprint density at radius 3 is 2.60 bits per heavy atom. The van der Waals surface area contributed by atoms with Gasteiger partial charge in [0.2, 0.25) is 0 Å². The molecule has 2 aromatic rings. The van der Waals surface area contributed by atoms with Crippen molar-refractivity contribution >= 4 is 22.9 Å². The van der Waals surface area contributed by atoms with Crippen molar-refractivity contribution in [3.63, 3.8) is 0 Å². The molecule has 150 valence electrons. The Bertz CT molecular complexity index is 1240. The summed E-state index contributed by atoms with van der Waals surface area (Å²) in [6.45, 7) is 6.28. The van der Waals surface area contributed by atoms with E-state index in [4.69, 9.17) is 0 Å². The number of hydrogen-bond acceptors (Lipinski definition) is 3. The summed E-state index contributed by atoms with van der Waals surface area (Å²) in [5.74, 6) is 0.237. The van der Waals surface area contributed by atoms with Gasteiger partial charge in [-0.15, -0.1) is 0 Å². The average molecular weight is 396 g/mol. The number of hydrogen-bond donors (Lipinski definition) is 2. The Morgan fingerprint density at radius 2 is 1.80 bits per heavy atom. The maximum atomic E-state index is 12.9. The number of hydrazone groups is 1. The number of nitrogens with zero attached hydrogens (tertiary/aromatic N) is 1. The number of phenolic OH excluding ortho intramolecular Hbond substituents is 1. The van der Waals surface area contributed by atoms with Crippen molar-refractivity contribution in [3.8, 4) is 16.9 Å². The first kappa shape index (κ1) is 19.6. The number of amides is 1. The van der Waals surface area contributed by atoms with Gasteiger partial charge >= 0.3 is 0 Å². The molecule has 0 fully saturated rings. The number of aryl methyl sites for hydroxylation is 1. The Kier molecular flexibility index (Phi) is 5.23. The number of phenols is 1. The first-order valence-electron chi connectivity index (χ1n) is 10.0. The fourth-order valence-corrected chi connectivity index (χ4v) is 3.72. The minimum atomic E-state index is -0.273. The van der Waals surface area contributed by atoms with Gasteiger partial charge in [-0.25, -0.2) is 5.43 Å². The molecule has 0 aliphatic heterocycles. The van der Waals surface area contributed by atoms with E-state index in [1.807, 2.05) is 55.5 Å². The summed E-state index contributed by atoms with van der Waals surface area (Å²) in [5, 5.41) is 16.3. The SMILES string of the molecule is Cc1cc(C(=O)N/N=C/c2ccc3ccccc3c2O)c2cc(C(C)C)cccc1-2. The van der Waals surface area contributed by atoms with Gasteiger partial charge in [0, 0.05) is 16.5 Å². The van der Waals surface area contributed by atoms with Gasteiger partial charge in [0.15, 0.2) is 0 Å². The minimum Gasteiger partial charge on any atom is -0.507 e. The lowest BCUT2D eigenvalue weighted by atomic mass is 10.0. The van der Waals surface area contributed by atoms with E-state index >= 15 is 0 Å². The first-order chi connectivity index (χ1) is 14.5. The zero-order valence-corrected chi connectivity index (χ0v) is 17.3. The van der Waals surface area contributed by atoms with Crippen LogP contribution in [0.15, 0.2) is 71.8 Å². The number of carbonyl (C=O) groups is 1. The van der Waals surface area contributed by atoms with Gasteiger partial charge in [-0.1, -0.05) is 68.4 Å². The third-order valence-electron chi connectivity index (χ3n) is 5.44. The molecule has 0 heterocycles. The molecule has 0 saturated heterocycles. The Morgan fingerprint density at radius 1 is 1.00 bits per heavy atom. The van der Waals surface area contributed by atoms with Crippen molar-refractivity contribution in [2.24, 2.45) is 5.10 Å². The van der Waals surface area contributed by atoms with E-state index in [2.05, 4.69) is 36.5 Å². The second-order valence-corrected chi connectivity index (χ2v) is 7.82. The summed E-state index contributed by atoms with van der Waals surface area (Å²) >= 11 is 0. The highest BCUT2D eigenvalue weighted by Crippen LogP contribution is 2.33. The molecular formula is C26H24N2O2. The second-order valence-electron chi connectivity index (χ2n) is 7.82. The normalized spacial score (nSPS) is 11.6. The molecule has 0 unspecified atom stereocenters. The van der Waals surface area contributed by atoms with Crippen molar-refractivity contribution in [2.45, 2.75) is 26.7 Å². The van der Waals surface area contributed by atoms with Crippen LogP contribution in [-0.4, -0.2) is 17.2 Å².